The Hall–Kier alpha value is -0.900. The predicted molar refractivity (Wildman–Crippen MR) is 53.6 cm³/mol. The third-order valence-corrected chi connectivity index (χ3v) is 2.19. The van der Waals surface area contributed by atoms with Crippen molar-refractivity contribution in [3.8, 4) is 0 Å². The van der Waals surface area contributed by atoms with Crippen molar-refractivity contribution in [1.82, 2.24) is 0 Å². The topological polar surface area (TPSA) is 60.7 Å². The molecule has 1 rings (SSSR count). The number of hydrogen-bond acceptors (Lipinski definition) is 3. The van der Waals surface area contributed by atoms with Crippen LogP contribution in [0.3, 0.4) is 0 Å². The summed E-state index contributed by atoms with van der Waals surface area (Å²) in [6.07, 6.45) is 0. The summed E-state index contributed by atoms with van der Waals surface area (Å²) < 4.78 is 0. The Labute approximate surface area is 83.6 Å². The van der Waals surface area contributed by atoms with Crippen molar-refractivity contribution in [2.45, 2.75) is 32.7 Å². The van der Waals surface area contributed by atoms with Gasteiger partial charge in [-0.25, -0.2) is 0 Å². The summed E-state index contributed by atoms with van der Waals surface area (Å²) in [6, 6.07) is 5.26. The molecule has 0 aliphatic carbocycles. The first-order chi connectivity index (χ1) is 6.32. The number of hydrogen-bond donors (Lipinski definition) is 3. The molecule has 0 aliphatic heterocycles. The number of benzene rings is 1. The Morgan fingerprint density at radius 1 is 1.14 bits per heavy atom. The zero-order valence-electron chi connectivity index (χ0n) is 8.65. The van der Waals surface area contributed by atoms with Gasteiger partial charge in [-0.3, -0.25) is 0 Å². The predicted octanol–water partition coefficient (Wildman–Crippen LogP) is 1.21. The van der Waals surface area contributed by atoms with Crippen molar-refractivity contribution in [3.05, 3.63) is 34.9 Å². The van der Waals surface area contributed by atoms with E-state index in [2.05, 4.69) is 0 Å². The van der Waals surface area contributed by atoms with E-state index in [1.54, 1.807) is 12.1 Å². The SMILES string of the molecule is Cc1ccc(C(C)C)c(C(O)(O)O)c1. The first-order valence-electron chi connectivity index (χ1n) is 4.60. The van der Waals surface area contributed by atoms with Crippen molar-refractivity contribution in [2.75, 3.05) is 0 Å². The second-order valence-corrected chi connectivity index (χ2v) is 3.88. The Bertz CT molecular complexity index is 324. The zero-order valence-corrected chi connectivity index (χ0v) is 8.65. The van der Waals surface area contributed by atoms with Crippen molar-refractivity contribution >= 4 is 0 Å². The third-order valence-electron chi connectivity index (χ3n) is 2.19. The minimum atomic E-state index is -2.74. The molecule has 0 spiro atoms. The Kier molecular flexibility index (Phi) is 2.95. The molecule has 0 amide bonds. The molecular weight excluding hydrogens is 180 g/mol. The van der Waals surface area contributed by atoms with Crippen LogP contribution in [-0.2, 0) is 5.97 Å². The van der Waals surface area contributed by atoms with Gasteiger partial charge in [-0.1, -0.05) is 31.5 Å². The molecule has 0 fully saturated rings. The molecule has 0 saturated heterocycles. The molecule has 0 saturated carbocycles. The second-order valence-electron chi connectivity index (χ2n) is 3.88. The zero-order chi connectivity index (χ0) is 10.9. The first-order valence-corrected chi connectivity index (χ1v) is 4.60. The summed E-state index contributed by atoms with van der Waals surface area (Å²) in [5, 5.41) is 27.5. The summed E-state index contributed by atoms with van der Waals surface area (Å²) in [5.41, 5.74) is 1.78. The summed E-state index contributed by atoms with van der Waals surface area (Å²) in [7, 11) is 0. The number of rotatable bonds is 2. The Balaban J connectivity index is 3.30. The van der Waals surface area contributed by atoms with Crippen LogP contribution in [0.4, 0.5) is 0 Å². The van der Waals surface area contributed by atoms with E-state index < -0.39 is 5.97 Å². The van der Waals surface area contributed by atoms with Gasteiger partial charge in [0.2, 0.25) is 0 Å². The van der Waals surface area contributed by atoms with Gasteiger partial charge in [-0.2, -0.15) is 0 Å². The van der Waals surface area contributed by atoms with Gasteiger partial charge in [0.05, 0.1) is 0 Å². The molecule has 3 heteroatoms. The lowest BCUT2D eigenvalue weighted by molar-refractivity contribution is -0.324. The van der Waals surface area contributed by atoms with E-state index in [0.717, 1.165) is 11.1 Å². The molecule has 0 atom stereocenters. The van der Waals surface area contributed by atoms with Crippen LogP contribution in [0.25, 0.3) is 0 Å². The molecular formula is C11H16O3. The summed E-state index contributed by atoms with van der Waals surface area (Å²) in [4.78, 5) is 0. The van der Waals surface area contributed by atoms with E-state index in [4.69, 9.17) is 15.3 Å². The van der Waals surface area contributed by atoms with Crippen molar-refractivity contribution in [1.29, 1.82) is 0 Å². The average Bonchev–Trinajstić information content (AvgIpc) is 2.01. The highest BCUT2D eigenvalue weighted by atomic mass is 16.7. The lowest BCUT2D eigenvalue weighted by Crippen LogP contribution is -2.26. The van der Waals surface area contributed by atoms with E-state index in [9.17, 15) is 0 Å². The molecule has 0 unspecified atom stereocenters. The summed E-state index contributed by atoms with van der Waals surface area (Å²) in [5.74, 6) is -2.61. The monoisotopic (exact) mass is 196 g/mol. The molecule has 0 radical (unpaired) electrons. The van der Waals surface area contributed by atoms with E-state index >= 15 is 0 Å². The van der Waals surface area contributed by atoms with Crippen LogP contribution in [0, 0.1) is 6.92 Å². The van der Waals surface area contributed by atoms with Gasteiger partial charge in [0.1, 0.15) is 0 Å². The molecule has 1 aromatic carbocycles. The van der Waals surface area contributed by atoms with Crippen LogP contribution in [0.15, 0.2) is 18.2 Å². The van der Waals surface area contributed by atoms with E-state index in [-0.39, 0.29) is 11.5 Å². The molecule has 3 nitrogen and oxygen atoms in total. The van der Waals surface area contributed by atoms with Gasteiger partial charge in [0.15, 0.2) is 0 Å². The molecule has 0 heterocycles. The van der Waals surface area contributed by atoms with Crippen LogP contribution in [0.2, 0.25) is 0 Å². The second kappa shape index (κ2) is 3.69. The van der Waals surface area contributed by atoms with Crippen molar-refractivity contribution in [3.63, 3.8) is 0 Å². The third kappa shape index (κ3) is 2.32. The molecule has 14 heavy (non-hydrogen) atoms. The normalized spacial score (nSPS) is 12.2. The highest BCUT2D eigenvalue weighted by molar-refractivity contribution is 5.35. The molecule has 1 aromatic rings. The maximum Gasteiger partial charge on any atom is 0.304 e. The average molecular weight is 196 g/mol. The number of aryl methyl sites for hydroxylation is 1. The lowest BCUT2D eigenvalue weighted by atomic mass is 9.94. The fraction of sp³-hybridized carbons (Fsp3) is 0.455. The van der Waals surface area contributed by atoms with Crippen LogP contribution in [-0.4, -0.2) is 15.3 Å². The first kappa shape index (κ1) is 11.2. The summed E-state index contributed by atoms with van der Waals surface area (Å²) in [6.45, 7) is 5.69. The fourth-order valence-corrected chi connectivity index (χ4v) is 1.46. The lowest BCUT2D eigenvalue weighted by Gasteiger charge is -2.20. The molecule has 3 N–H and O–H groups in total. The van der Waals surface area contributed by atoms with Gasteiger partial charge >= 0.3 is 5.97 Å². The van der Waals surface area contributed by atoms with Gasteiger partial charge in [0.25, 0.3) is 0 Å². The maximum atomic E-state index is 9.15. The Morgan fingerprint density at radius 2 is 1.71 bits per heavy atom. The van der Waals surface area contributed by atoms with Crippen LogP contribution in [0.5, 0.6) is 0 Å². The van der Waals surface area contributed by atoms with E-state index in [1.165, 1.54) is 0 Å². The highest BCUT2D eigenvalue weighted by Crippen LogP contribution is 2.26. The molecule has 0 bridgehead atoms. The van der Waals surface area contributed by atoms with Crippen molar-refractivity contribution in [2.24, 2.45) is 0 Å². The van der Waals surface area contributed by atoms with Gasteiger partial charge in [-0.15, -0.1) is 0 Å². The maximum absolute atomic E-state index is 9.15. The van der Waals surface area contributed by atoms with E-state index in [1.807, 2.05) is 26.8 Å². The van der Waals surface area contributed by atoms with Gasteiger partial charge < -0.3 is 15.3 Å². The number of aliphatic hydroxyl groups is 3. The minimum absolute atomic E-state index is 0.136. The minimum Gasteiger partial charge on any atom is -0.340 e. The fourth-order valence-electron chi connectivity index (χ4n) is 1.46. The smallest absolute Gasteiger partial charge is 0.304 e. The van der Waals surface area contributed by atoms with Gasteiger partial charge in [0, 0.05) is 5.56 Å². The largest absolute Gasteiger partial charge is 0.340 e. The standard InChI is InChI=1S/C11H16O3/c1-7(2)9-5-4-8(3)6-10(9)11(12,13)14/h4-7,12-14H,1-3H3. The van der Waals surface area contributed by atoms with Crippen molar-refractivity contribution < 1.29 is 15.3 Å². The molecule has 0 aromatic heterocycles. The van der Waals surface area contributed by atoms with Crippen LogP contribution >= 0.6 is 0 Å². The Morgan fingerprint density at radius 3 is 2.14 bits per heavy atom. The van der Waals surface area contributed by atoms with Gasteiger partial charge in [-0.05, 0) is 24.5 Å². The van der Waals surface area contributed by atoms with Crippen LogP contribution < -0.4 is 0 Å². The molecule has 0 aliphatic rings. The molecule has 78 valence electrons. The highest BCUT2D eigenvalue weighted by Gasteiger charge is 2.26. The van der Waals surface area contributed by atoms with E-state index in [0.29, 0.717) is 0 Å². The quantitative estimate of drug-likeness (QED) is 0.623. The summed E-state index contributed by atoms with van der Waals surface area (Å²) >= 11 is 0. The van der Waals surface area contributed by atoms with Crippen LogP contribution in [0.1, 0.15) is 36.5 Å².